The van der Waals surface area contributed by atoms with Crippen LogP contribution >= 0.6 is 23.1 Å². The molecule has 4 rings (SSSR count). The number of aromatic nitrogens is 2. The Morgan fingerprint density at radius 2 is 1.88 bits per heavy atom. The number of hydrogen-bond donors (Lipinski definition) is 1. The fraction of sp³-hybridized carbons (Fsp3) is 0.348. The Kier molecular flexibility index (Phi) is 7.15. The third-order valence-electron chi connectivity index (χ3n) is 5.06. The molecule has 0 saturated heterocycles. The van der Waals surface area contributed by atoms with E-state index in [1.54, 1.807) is 48.2 Å². The second-order valence-electron chi connectivity index (χ2n) is 8.49. The summed E-state index contributed by atoms with van der Waals surface area (Å²) in [5.41, 5.74) is 2.25. The summed E-state index contributed by atoms with van der Waals surface area (Å²) < 4.78 is 35.0. The summed E-state index contributed by atoms with van der Waals surface area (Å²) in [5.74, 6) is 1.26. The molecule has 0 aliphatic carbocycles. The van der Waals surface area contributed by atoms with Gasteiger partial charge in [0.05, 0.1) is 17.1 Å². The summed E-state index contributed by atoms with van der Waals surface area (Å²) in [6.45, 7) is 7.84. The average molecular weight is 519 g/mol. The highest BCUT2D eigenvalue weighted by Gasteiger charge is 2.38. The zero-order valence-electron chi connectivity index (χ0n) is 19.3. The lowest BCUT2D eigenvalue weighted by Crippen LogP contribution is -2.48. The molecule has 0 bridgehead atoms. The van der Waals surface area contributed by atoms with Gasteiger partial charge < -0.3 is 4.74 Å². The minimum Gasteiger partial charge on any atom is -0.476 e. The predicted octanol–water partition coefficient (Wildman–Crippen LogP) is 4.50. The van der Waals surface area contributed by atoms with Crippen LogP contribution in [0.2, 0.25) is 0 Å². The molecule has 0 unspecified atom stereocenters. The van der Waals surface area contributed by atoms with E-state index in [1.807, 2.05) is 19.9 Å². The minimum absolute atomic E-state index is 0.155. The molecule has 11 heteroatoms. The molecule has 8 nitrogen and oxygen atoms in total. The molecule has 0 fully saturated rings. The molecule has 180 valence electrons. The van der Waals surface area contributed by atoms with Gasteiger partial charge in [0.2, 0.25) is 5.13 Å². The number of anilines is 2. The summed E-state index contributed by atoms with van der Waals surface area (Å²) in [6, 6.07) is 11.9. The van der Waals surface area contributed by atoms with Gasteiger partial charge in [-0.25, -0.2) is 8.42 Å². The summed E-state index contributed by atoms with van der Waals surface area (Å²) in [4.78, 5) is 13.2. The molecule has 0 spiro atoms. The van der Waals surface area contributed by atoms with Crippen molar-refractivity contribution in [2.24, 2.45) is 5.92 Å². The highest BCUT2D eigenvalue weighted by molar-refractivity contribution is 8.01. The fourth-order valence-corrected chi connectivity index (χ4v) is 6.50. The third kappa shape index (κ3) is 5.37. The van der Waals surface area contributed by atoms with E-state index in [4.69, 9.17) is 4.74 Å². The van der Waals surface area contributed by atoms with Crippen LogP contribution in [0.3, 0.4) is 0 Å². The van der Waals surface area contributed by atoms with Crippen LogP contribution in [-0.2, 0) is 14.8 Å². The quantitative estimate of drug-likeness (QED) is 0.363. The van der Waals surface area contributed by atoms with Gasteiger partial charge in [-0.15, -0.1) is 10.2 Å². The zero-order valence-corrected chi connectivity index (χ0v) is 21.8. The molecular formula is C23H26N4O4S3. The van der Waals surface area contributed by atoms with Crippen LogP contribution < -0.4 is 14.4 Å². The Bertz CT molecular complexity index is 1290. The number of nitrogens with zero attached hydrogens (tertiary/aromatic N) is 3. The SMILES string of the molecule is Cc1ccc(S(=O)(=O)N2C[C@H](C(=O)Nc3nnc(SCC(C)C)s3)Oc3ccc(C)cc32)cc1. The maximum absolute atomic E-state index is 13.5. The van der Waals surface area contributed by atoms with Gasteiger partial charge in [0, 0.05) is 5.75 Å². The first-order valence-corrected chi connectivity index (χ1v) is 14.0. The van der Waals surface area contributed by atoms with Crippen LogP contribution in [0.1, 0.15) is 25.0 Å². The zero-order chi connectivity index (χ0) is 24.5. The molecule has 1 aromatic heterocycles. The number of amides is 1. The predicted molar refractivity (Wildman–Crippen MR) is 135 cm³/mol. The molecule has 34 heavy (non-hydrogen) atoms. The van der Waals surface area contributed by atoms with E-state index in [9.17, 15) is 13.2 Å². The van der Waals surface area contributed by atoms with E-state index in [2.05, 4.69) is 29.4 Å². The highest BCUT2D eigenvalue weighted by Crippen LogP contribution is 2.38. The molecule has 2 aromatic carbocycles. The second kappa shape index (κ2) is 9.93. The first-order valence-electron chi connectivity index (χ1n) is 10.8. The lowest BCUT2D eigenvalue weighted by Gasteiger charge is -2.34. The lowest BCUT2D eigenvalue weighted by molar-refractivity contribution is -0.122. The van der Waals surface area contributed by atoms with Crippen molar-refractivity contribution in [3.05, 3.63) is 53.6 Å². The van der Waals surface area contributed by atoms with Crippen molar-refractivity contribution in [2.45, 2.75) is 43.0 Å². The normalized spacial score (nSPS) is 15.7. The average Bonchev–Trinajstić information content (AvgIpc) is 3.24. The Hall–Kier alpha value is -2.63. The molecule has 1 N–H and O–H groups in total. The third-order valence-corrected chi connectivity index (χ3v) is 9.25. The van der Waals surface area contributed by atoms with E-state index >= 15 is 0 Å². The molecule has 1 atom stereocenters. The van der Waals surface area contributed by atoms with Crippen LogP contribution in [0.4, 0.5) is 10.8 Å². The Morgan fingerprint density at radius 1 is 1.18 bits per heavy atom. The molecule has 0 saturated carbocycles. The lowest BCUT2D eigenvalue weighted by atomic mass is 10.1. The number of carbonyl (C=O) groups excluding carboxylic acids is 1. The van der Waals surface area contributed by atoms with Gasteiger partial charge in [0.15, 0.2) is 10.4 Å². The van der Waals surface area contributed by atoms with Gasteiger partial charge in [-0.05, 0) is 49.6 Å². The summed E-state index contributed by atoms with van der Waals surface area (Å²) >= 11 is 2.86. The number of nitrogens with one attached hydrogen (secondary N) is 1. The molecule has 1 aliphatic rings. The van der Waals surface area contributed by atoms with Gasteiger partial charge in [-0.2, -0.15) is 0 Å². The number of fused-ring (bicyclic) bond motifs is 1. The molecule has 2 heterocycles. The van der Waals surface area contributed by atoms with E-state index in [0.717, 1.165) is 21.2 Å². The largest absolute Gasteiger partial charge is 0.476 e. The van der Waals surface area contributed by atoms with Crippen molar-refractivity contribution in [1.29, 1.82) is 0 Å². The van der Waals surface area contributed by atoms with E-state index in [0.29, 0.717) is 22.5 Å². The minimum atomic E-state index is -3.92. The number of aryl methyl sites for hydroxylation is 2. The van der Waals surface area contributed by atoms with Crippen LogP contribution in [0, 0.1) is 19.8 Å². The van der Waals surface area contributed by atoms with Crippen molar-refractivity contribution < 1.29 is 17.9 Å². The maximum Gasteiger partial charge on any atom is 0.269 e. The molecule has 0 radical (unpaired) electrons. The van der Waals surface area contributed by atoms with Crippen LogP contribution in [0.25, 0.3) is 0 Å². The molecule has 1 amide bonds. The van der Waals surface area contributed by atoms with Gasteiger partial charge in [-0.3, -0.25) is 14.4 Å². The Labute approximate surface area is 207 Å². The Morgan fingerprint density at radius 3 is 2.59 bits per heavy atom. The van der Waals surface area contributed by atoms with E-state index in [1.165, 1.54) is 15.6 Å². The van der Waals surface area contributed by atoms with Crippen molar-refractivity contribution in [3.8, 4) is 5.75 Å². The first kappa shape index (κ1) is 24.5. The molecular weight excluding hydrogens is 492 g/mol. The van der Waals surface area contributed by atoms with E-state index in [-0.39, 0.29) is 11.4 Å². The Balaban J connectivity index is 1.59. The number of sulfonamides is 1. The molecule has 3 aromatic rings. The number of hydrogen-bond acceptors (Lipinski definition) is 8. The number of thioether (sulfide) groups is 1. The van der Waals surface area contributed by atoms with Crippen molar-refractivity contribution in [2.75, 3.05) is 21.9 Å². The van der Waals surface area contributed by atoms with E-state index < -0.39 is 22.0 Å². The van der Waals surface area contributed by atoms with Crippen LogP contribution in [-0.4, -0.2) is 42.9 Å². The van der Waals surface area contributed by atoms with Gasteiger partial charge in [0.1, 0.15) is 5.75 Å². The number of benzene rings is 2. The van der Waals surface area contributed by atoms with Crippen molar-refractivity contribution in [1.82, 2.24) is 10.2 Å². The van der Waals surface area contributed by atoms with Crippen molar-refractivity contribution >= 4 is 49.8 Å². The second-order valence-corrected chi connectivity index (χ2v) is 12.6. The van der Waals surface area contributed by atoms with Gasteiger partial charge in [-0.1, -0.05) is 60.7 Å². The molecule has 1 aliphatic heterocycles. The van der Waals surface area contributed by atoms with Crippen molar-refractivity contribution in [3.63, 3.8) is 0 Å². The van der Waals surface area contributed by atoms with Crippen LogP contribution in [0.15, 0.2) is 51.7 Å². The highest BCUT2D eigenvalue weighted by atomic mass is 32.2. The standard InChI is InChI=1S/C23H26N4O4S3/c1-14(2)13-32-23-26-25-22(33-23)24-21(28)20-12-27(18-11-16(4)7-10-19(18)31-20)34(29,30)17-8-5-15(3)6-9-17/h5-11,14,20H,12-13H2,1-4H3,(H,24,25,28)/t20-/m1/s1. The van der Waals surface area contributed by atoms with Gasteiger partial charge >= 0.3 is 0 Å². The number of rotatable bonds is 7. The monoisotopic (exact) mass is 518 g/mol. The summed E-state index contributed by atoms with van der Waals surface area (Å²) in [7, 11) is -3.92. The topological polar surface area (TPSA) is 101 Å². The van der Waals surface area contributed by atoms with Crippen LogP contribution in [0.5, 0.6) is 5.75 Å². The summed E-state index contributed by atoms with van der Waals surface area (Å²) in [6.07, 6.45) is -1.05. The fourth-order valence-electron chi connectivity index (χ4n) is 3.31. The number of carbonyl (C=O) groups is 1. The maximum atomic E-state index is 13.5. The smallest absolute Gasteiger partial charge is 0.269 e. The van der Waals surface area contributed by atoms with Gasteiger partial charge in [0.25, 0.3) is 15.9 Å². The summed E-state index contributed by atoms with van der Waals surface area (Å²) in [5, 5.41) is 11.2. The first-order chi connectivity index (χ1) is 16.1. The number of ether oxygens (including phenoxy) is 1.